The van der Waals surface area contributed by atoms with Gasteiger partial charge in [-0.05, 0) is 31.0 Å². The van der Waals surface area contributed by atoms with E-state index in [1.165, 1.54) is 5.56 Å². The largest absolute Gasteiger partial charge is 0.369 e. The van der Waals surface area contributed by atoms with Crippen molar-refractivity contribution in [2.75, 3.05) is 37.7 Å². The Morgan fingerprint density at radius 1 is 1.26 bits per heavy atom. The molecule has 144 valence electrons. The molecule has 0 bridgehead atoms. The average Bonchev–Trinajstić information content (AvgIpc) is 3.31. The van der Waals surface area contributed by atoms with Gasteiger partial charge in [0, 0.05) is 62.9 Å². The van der Waals surface area contributed by atoms with Crippen molar-refractivity contribution in [1.82, 2.24) is 14.5 Å². The zero-order valence-electron chi connectivity index (χ0n) is 15.8. The van der Waals surface area contributed by atoms with Crippen molar-refractivity contribution in [1.29, 1.82) is 0 Å². The first-order valence-electron chi connectivity index (χ1n) is 9.43. The van der Waals surface area contributed by atoms with E-state index in [9.17, 15) is 4.79 Å². The molecule has 0 N–H and O–H groups in total. The summed E-state index contributed by atoms with van der Waals surface area (Å²) in [4.78, 5) is 21.8. The van der Waals surface area contributed by atoms with Gasteiger partial charge in [0.1, 0.15) is 11.9 Å². The lowest BCUT2D eigenvalue weighted by Gasteiger charge is -2.38. The van der Waals surface area contributed by atoms with Crippen LogP contribution in [0.4, 0.5) is 5.69 Å². The van der Waals surface area contributed by atoms with Crippen LogP contribution in [0.15, 0.2) is 30.6 Å². The van der Waals surface area contributed by atoms with E-state index in [0.717, 1.165) is 36.0 Å². The number of anilines is 1. The van der Waals surface area contributed by atoms with Gasteiger partial charge in [-0.3, -0.25) is 4.79 Å². The smallest absolute Gasteiger partial charge is 0.228 e. The van der Waals surface area contributed by atoms with Crippen LogP contribution in [-0.4, -0.2) is 53.1 Å². The molecule has 0 saturated carbocycles. The predicted molar refractivity (Wildman–Crippen MR) is 105 cm³/mol. The van der Waals surface area contributed by atoms with Crippen molar-refractivity contribution in [2.45, 2.75) is 19.4 Å². The molecule has 2 aliphatic heterocycles. The molecule has 2 saturated heterocycles. The lowest BCUT2D eigenvalue weighted by Crippen LogP contribution is -2.51. The van der Waals surface area contributed by atoms with Gasteiger partial charge >= 0.3 is 0 Å². The zero-order chi connectivity index (χ0) is 19.0. The summed E-state index contributed by atoms with van der Waals surface area (Å²) in [5, 5.41) is 0.745. The second-order valence-electron chi connectivity index (χ2n) is 7.33. The molecule has 7 heteroatoms. The van der Waals surface area contributed by atoms with E-state index >= 15 is 0 Å². The van der Waals surface area contributed by atoms with Crippen molar-refractivity contribution in [3.05, 3.63) is 47.0 Å². The first-order valence-corrected chi connectivity index (χ1v) is 9.81. The molecule has 2 atom stereocenters. The number of hydrogen-bond donors (Lipinski definition) is 0. The fraction of sp³-hybridized carbons (Fsp3) is 0.500. The molecule has 0 spiro atoms. The number of rotatable bonds is 3. The topological polar surface area (TPSA) is 50.6 Å². The number of piperazine rings is 1. The van der Waals surface area contributed by atoms with Crippen LogP contribution in [0.3, 0.4) is 0 Å². The zero-order valence-corrected chi connectivity index (χ0v) is 16.5. The van der Waals surface area contributed by atoms with Crippen molar-refractivity contribution in [2.24, 2.45) is 13.0 Å². The minimum Gasteiger partial charge on any atom is -0.369 e. The van der Waals surface area contributed by atoms with Gasteiger partial charge in [0.05, 0.1) is 5.92 Å². The van der Waals surface area contributed by atoms with Gasteiger partial charge in [-0.15, -0.1) is 0 Å². The highest BCUT2D eigenvalue weighted by Crippen LogP contribution is 2.35. The van der Waals surface area contributed by atoms with E-state index in [0.29, 0.717) is 19.7 Å². The van der Waals surface area contributed by atoms with Gasteiger partial charge < -0.3 is 19.1 Å². The molecule has 4 rings (SSSR count). The van der Waals surface area contributed by atoms with Crippen molar-refractivity contribution in [3.63, 3.8) is 0 Å². The minimum absolute atomic E-state index is 0.148. The molecule has 3 heterocycles. The highest BCUT2D eigenvalue weighted by Gasteiger charge is 2.40. The molecule has 1 aromatic heterocycles. The maximum Gasteiger partial charge on any atom is 0.228 e. The van der Waals surface area contributed by atoms with Crippen molar-refractivity contribution >= 4 is 23.2 Å². The second kappa shape index (κ2) is 7.52. The summed E-state index contributed by atoms with van der Waals surface area (Å²) in [6, 6.07) is 5.97. The number of nitrogens with zero attached hydrogens (tertiary/aromatic N) is 4. The third kappa shape index (κ3) is 3.56. The molecule has 2 aliphatic rings. The molecule has 2 aromatic rings. The molecule has 27 heavy (non-hydrogen) atoms. The van der Waals surface area contributed by atoms with Crippen LogP contribution in [0.25, 0.3) is 0 Å². The molecule has 1 aromatic carbocycles. The van der Waals surface area contributed by atoms with Gasteiger partial charge in [0.2, 0.25) is 5.91 Å². The first kappa shape index (κ1) is 18.3. The SMILES string of the molecule is Cc1ccc(Cl)cc1N1CCN(C(=O)[C@@H]2CCO[C@H]2c2nccn2C)CC1. The number of aromatic nitrogens is 2. The van der Waals surface area contributed by atoms with Gasteiger partial charge in [0.25, 0.3) is 0 Å². The lowest BCUT2D eigenvalue weighted by molar-refractivity contribution is -0.137. The Morgan fingerprint density at radius 2 is 2.04 bits per heavy atom. The molecule has 0 unspecified atom stereocenters. The number of benzene rings is 1. The van der Waals surface area contributed by atoms with E-state index in [2.05, 4.69) is 16.8 Å². The van der Waals surface area contributed by atoms with Gasteiger partial charge in [-0.25, -0.2) is 4.98 Å². The Morgan fingerprint density at radius 3 is 2.74 bits per heavy atom. The van der Waals surface area contributed by atoms with E-state index < -0.39 is 0 Å². The summed E-state index contributed by atoms with van der Waals surface area (Å²) in [6.45, 7) is 5.76. The van der Waals surface area contributed by atoms with E-state index in [1.807, 2.05) is 40.9 Å². The quantitative estimate of drug-likeness (QED) is 0.811. The second-order valence-corrected chi connectivity index (χ2v) is 7.76. The predicted octanol–water partition coefficient (Wildman–Crippen LogP) is 2.81. The van der Waals surface area contributed by atoms with Crippen LogP contribution < -0.4 is 4.90 Å². The standard InChI is InChI=1S/C20H25ClN4O2/c1-14-3-4-15(21)13-17(14)24-8-10-25(11-9-24)20(26)16-5-12-27-18(16)19-22-6-7-23(19)2/h3-4,6-7,13,16,18H,5,8-12H2,1-2H3/t16-,18-/m1/s1. The normalized spacial score (nSPS) is 23.1. The van der Waals surface area contributed by atoms with Crippen LogP contribution >= 0.6 is 11.6 Å². The minimum atomic E-state index is -0.245. The Balaban J connectivity index is 1.43. The van der Waals surface area contributed by atoms with Gasteiger partial charge in [-0.2, -0.15) is 0 Å². The first-order chi connectivity index (χ1) is 13.0. The molecule has 1 amide bonds. The number of halogens is 1. The van der Waals surface area contributed by atoms with E-state index in [1.54, 1.807) is 6.20 Å². The lowest BCUT2D eigenvalue weighted by atomic mass is 9.98. The Bertz CT molecular complexity index is 829. The van der Waals surface area contributed by atoms with Crippen LogP contribution in [-0.2, 0) is 16.6 Å². The molecule has 2 fully saturated rings. The van der Waals surface area contributed by atoms with E-state index in [-0.39, 0.29) is 17.9 Å². The summed E-state index contributed by atoms with van der Waals surface area (Å²) in [5.41, 5.74) is 2.36. The maximum atomic E-state index is 13.2. The molecule has 6 nitrogen and oxygen atoms in total. The molecule has 0 aliphatic carbocycles. The fourth-order valence-electron chi connectivity index (χ4n) is 4.07. The number of hydrogen-bond acceptors (Lipinski definition) is 4. The monoisotopic (exact) mass is 388 g/mol. The maximum absolute atomic E-state index is 13.2. The van der Waals surface area contributed by atoms with Gasteiger partial charge in [-0.1, -0.05) is 17.7 Å². The number of aryl methyl sites for hydroxylation is 2. The van der Waals surface area contributed by atoms with Crippen LogP contribution in [0.1, 0.15) is 23.9 Å². The van der Waals surface area contributed by atoms with Gasteiger partial charge in [0.15, 0.2) is 0 Å². The Labute approximate surface area is 164 Å². The average molecular weight is 389 g/mol. The summed E-state index contributed by atoms with van der Waals surface area (Å²) in [5.74, 6) is 0.868. The number of carbonyl (C=O) groups is 1. The summed E-state index contributed by atoms with van der Waals surface area (Å²) in [6.07, 6.45) is 4.16. The fourth-order valence-corrected chi connectivity index (χ4v) is 4.24. The highest BCUT2D eigenvalue weighted by molar-refractivity contribution is 6.30. The highest BCUT2D eigenvalue weighted by atomic mass is 35.5. The third-order valence-electron chi connectivity index (χ3n) is 5.63. The molecular weight excluding hydrogens is 364 g/mol. The van der Waals surface area contributed by atoms with Crippen molar-refractivity contribution in [3.8, 4) is 0 Å². The van der Waals surface area contributed by atoms with E-state index in [4.69, 9.17) is 16.3 Å². The molecule has 0 radical (unpaired) electrons. The third-order valence-corrected chi connectivity index (χ3v) is 5.86. The number of amides is 1. The van der Waals surface area contributed by atoms with Crippen LogP contribution in [0, 0.1) is 12.8 Å². The summed E-state index contributed by atoms with van der Waals surface area (Å²) < 4.78 is 7.81. The van der Waals surface area contributed by atoms with Crippen LogP contribution in [0.5, 0.6) is 0 Å². The molecular formula is C20H25ClN4O2. The Kier molecular flexibility index (Phi) is 5.10. The number of carbonyl (C=O) groups excluding carboxylic acids is 1. The number of imidazole rings is 1. The summed E-state index contributed by atoms with van der Waals surface area (Å²) >= 11 is 6.17. The summed E-state index contributed by atoms with van der Waals surface area (Å²) in [7, 11) is 1.94. The van der Waals surface area contributed by atoms with Crippen LogP contribution in [0.2, 0.25) is 5.02 Å². The number of ether oxygens (including phenoxy) is 1. The van der Waals surface area contributed by atoms with Crippen molar-refractivity contribution < 1.29 is 9.53 Å². The Hall–Kier alpha value is -2.05.